The van der Waals surface area contributed by atoms with E-state index in [1.54, 1.807) is 12.4 Å². The minimum Gasteiger partial charge on any atom is -0.369 e. The van der Waals surface area contributed by atoms with Gasteiger partial charge < -0.3 is 21.3 Å². The van der Waals surface area contributed by atoms with E-state index in [4.69, 9.17) is 5.73 Å². The second-order valence-corrected chi connectivity index (χ2v) is 10.4. The highest BCUT2D eigenvalue weighted by Crippen LogP contribution is 2.27. The van der Waals surface area contributed by atoms with Crippen LogP contribution in [0.15, 0.2) is 67.3 Å². The lowest BCUT2D eigenvalue weighted by molar-refractivity contribution is 0.100. The van der Waals surface area contributed by atoms with Gasteiger partial charge in [0.1, 0.15) is 12.1 Å². The van der Waals surface area contributed by atoms with Crippen molar-refractivity contribution in [2.45, 2.75) is 56.7 Å². The third kappa shape index (κ3) is 5.33. The quantitative estimate of drug-likeness (QED) is 0.346. The molecule has 196 valence electrons. The number of piperidine rings is 1. The summed E-state index contributed by atoms with van der Waals surface area (Å²) in [6.07, 6.45) is 12.5. The number of rotatable bonds is 7. The standard InChI is InChI=1S/C29H34N8O/c30-29(38)22-6-3-5-20(15-22)21-12-13-31-27(16-21)35-26-9-2-1-8-25(26)34-23-7-4-14-36(17-23)24-10-11-28-32-19-33-37(28)18-24/h3,5-6,10-13,15-16,18-19,23,25-26,34H,1-2,4,7-9,14,17H2,(H2,30,38)(H,31,35)/t23-,25+,26+/m0/s1. The van der Waals surface area contributed by atoms with Gasteiger partial charge in [0.2, 0.25) is 5.91 Å². The van der Waals surface area contributed by atoms with Crippen molar-refractivity contribution in [1.82, 2.24) is 24.9 Å². The molecule has 3 atom stereocenters. The Hall–Kier alpha value is -3.98. The summed E-state index contributed by atoms with van der Waals surface area (Å²) in [6, 6.07) is 16.8. The van der Waals surface area contributed by atoms with E-state index in [2.05, 4.69) is 48.9 Å². The van der Waals surface area contributed by atoms with Gasteiger partial charge in [0, 0.05) is 43.0 Å². The number of nitrogens with zero attached hydrogens (tertiary/aromatic N) is 5. The van der Waals surface area contributed by atoms with E-state index in [0.717, 1.165) is 54.9 Å². The number of carbonyl (C=O) groups is 1. The molecule has 0 unspecified atom stereocenters. The number of fused-ring (bicyclic) bond motifs is 1. The molecule has 3 aromatic heterocycles. The molecule has 9 heteroatoms. The number of nitrogens with two attached hydrogens (primary N) is 1. The third-order valence-corrected chi connectivity index (χ3v) is 7.83. The van der Waals surface area contributed by atoms with Crippen LogP contribution in [0.2, 0.25) is 0 Å². The molecule has 0 bridgehead atoms. The molecular formula is C29H34N8O. The molecule has 38 heavy (non-hydrogen) atoms. The Balaban J connectivity index is 1.13. The number of carbonyl (C=O) groups excluding carboxylic acids is 1. The van der Waals surface area contributed by atoms with E-state index in [1.165, 1.54) is 24.9 Å². The molecule has 1 saturated heterocycles. The second-order valence-electron chi connectivity index (χ2n) is 10.4. The Labute approximate surface area is 222 Å². The maximum atomic E-state index is 11.6. The van der Waals surface area contributed by atoms with Gasteiger partial charge in [-0.25, -0.2) is 14.5 Å². The zero-order valence-electron chi connectivity index (χ0n) is 21.5. The lowest BCUT2D eigenvalue weighted by Crippen LogP contribution is -2.55. The fourth-order valence-corrected chi connectivity index (χ4v) is 5.88. The predicted molar refractivity (Wildman–Crippen MR) is 149 cm³/mol. The Morgan fingerprint density at radius 2 is 1.82 bits per heavy atom. The van der Waals surface area contributed by atoms with Crippen molar-refractivity contribution >= 4 is 23.1 Å². The van der Waals surface area contributed by atoms with E-state index in [1.807, 2.05) is 41.0 Å². The molecule has 9 nitrogen and oxygen atoms in total. The van der Waals surface area contributed by atoms with Gasteiger partial charge in [-0.2, -0.15) is 5.10 Å². The maximum Gasteiger partial charge on any atom is 0.248 e. The summed E-state index contributed by atoms with van der Waals surface area (Å²) < 4.78 is 1.85. The first kappa shape index (κ1) is 24.4. The van der Waals surface area contributed by atoms with Gasteiger partial charge in [-0.3, -0.25) is 4.79 Å². The van der Waals surface area contributed by atoms with Crippen molar-refractivity contribution in [2.75, 3.05) is 23.3 Å². The monoisotopic (exact) mass is 510 g/mol. The number of hydrogen-bond acceptors (Lipinski definition) is 7. The number of primary amides is 1. The minimum atomic E-state index is -0.421. The molecule has 2 aliphatic rings. The molecule has 0 spiro atoms. The molecule has 2 fully saturated rings. The zero-order valence-corrected chi connectivity index (χ0v) is 21.5. The molecule has 1 aliphatic heterocycles. The molecule has 0 radical (unpaired) electrons. The first-order valence-electron chi connectivity index (χ1n) is 13.6. The summed E-state index contributed by atoms with van der Waals surface area (Å²) in [5, 5.41) is 12.0. The highest BCUT2D eigenvalue weighted by molar-refractivity contribution is 5.94. The van der Waals surface area contributed by atoms with E-state index in [-0.39, 0.29) is 0 Å². The van der Waals surface area contributed by atoms with Crippen molar-refractivity contribution in [2.24, 2.45) is 5.73 Å². The van der Waals surface area contributed by atoms with Crippen LogP contribution < -0.4 is 21.3 Å². The summed E-state index contributed by atoms with van der Waals surface area (Å²) in [5.41, 5.74) is 10.0. The minimum absolute atomic E-state index is 0.310. The van der Waals surface area contributed by atoms with Crippen LogP contribution in [0.3, 0.4) is 0 Å². The smallest absolute Gasteiger partial charge is 0.248 e. The summed E-state index contributed by atoms with van der Waals surface area (Å²) in [6.45, 7) is 2.03. The van der Waals surface area contributed by atoms with Crippen LogP contribution in [-0.2, 0) is 0 Å². The largest absolute Gasteiger partial charge is 0.369 e. The highest BCUT2D eigenvalue weighted by Gasteiger charge is 2.29. The van der Waals surface area contributed by atoms with Crippen LogP contribution in [0.5, 0.6) is 0 Å². The molecule has 4 N–H and O–H groups in total. The van der Waals surface area contributed by atoms with Gasteiger partial charge in [0.15, 0.2) is 5.65 Å². The molecule has 6 rings (SSSR count). The first-order valence-corrected chi connectivity index (χ1v) is 13.6. The van der Waals surface area contributed by atoms with E-state index in [9.17, 15) is 4.79 Å². The van der Waals surface area contributed by atoms with E-state index < -0.39 is 5.91 Å². The number of hydrogen-bond donors (Lipinski definition) is 3. The Bertz CT molecular complexity index is 1420. The topological polar surface area (TPSA) is 113 Å². The maximum absolute atomic E-state index is 11.6. The molecule has 1 saturated carbocycles. The van der Waals surface area contributed by atoms with Crippen LogP contribution in [0.4, 0.5) is 11.5 Å². The molecule has 1 amide bonds. The Kier molecular flexibility index (Phi) is 6.92. The number of nitrogens with one attached hydrogen (secondary N) is 2. The number of pyridine rings is 2. The molecule has 4 heterocycles. The summed E-state index contributed by atoms with van der Waals surface area (Å²) in [5.74, 6) is 0.438. The highest BCUT2D eigenvalue weighted by atomic mass is 16.1. The lowest BCUT2D eigenvalue weighted by Gasteiger charge is -2.40. The summed E-state index contributed by atoms with van der Waals surface area (Å²) in [7, 11) is 0. The van der Waals surface area contributed by atoms with Gasteiger partial charge in [-0.1, -0.05) is 25.0 Å². The van der Waals surface area contributed by atoms with Gasteiger partial charge in [0.25, 0.3) is 0 Å². The fraction of sp³-hybridized carbons (Fsp3) is 0.379. The van der Waals surface area contributed by atoms with Crippen molar-refractivity contribution in [1.29, 1.82) is 0 Å². The van der Waals surface area contributed by atoms with Crippen LogP contribution >= 0.6 is 0 Å². The number of benzene rings is 1. The molecular weight excluding hydrogens is 476 g/mol. The van der Waals surface area contributed by atoms with Crippen molar-refractivity contribution in [3.8, 4) is 11.1 Å². The van der Waals surface area contributed by atoms with Gasteiger partial charge in [0.05, 0.1) is 11.9 Å². The SMILES string of the molecule is NC(=O)c1cccc(-c2ccnc(N[C@@H]3CCCC[C@H]3N[C@H]3CCCN(c4ccc5ncnn5c4)C3)c2)c1. The van der Waals surface area contributed by atoms with Gasteiger partial charge in [-0.15, -0.1) is 0 Å². The Morgan fingerprint density at radius 1 is 0.947 bits per heavy atom. The third-order valence-electron chi connectivity index (χ3n) is 7.83. The second kappa shape index (κ2) is 10.8. The number of amides is 1. The summed E-state index contributed by atoms with van der Waals surface area (Å²) in [4.78, 5) is 23.0. The van der Waals surface area contributed by atoms with Crippen molar-refractivity contribution < 1.29 is 4.79 Å². The van der Waals surface area contributed by atoms with E-state index in [0.29, 0.717) is 23.7 Å². The summed E-state index contributed by atoms with van der Waals surface area (Å²) >= 11 is 0. The van der Waals surface area contributed by atoms with Gasteiger partial charge in [-0.05, 0) is 73.2 Å². The Morgan fingerprint density at radius 3 is 2.71 bits per heavy atom. The van der Waals surface area contributed by atoms with Crippen LogP contribution in [0.25, 0.3) is 16.8 Å². The van der Waals surface area contributed by atoms with Crippen LogP contribution in [-0.4, -0.2) is 56.7 Å². The number of anilines is 2. The average molecular weight is 511 g/mol. The fourth-order valence-electron chi connectivity index (χ4n) is 5.88. The molecule has 1 aromatic carbocycles. The number of aromatic nitrogens is 4. The lowest BCUT2D eigenvalue weighted by atomic mass is 9.89. The first-order chi connectivity index (χ1) is 18.6. The van der Waals surface area contributed by atoms with Crippen LogP contribution in [0, 0.1) is 0 Å². The zero-order chi connectivity index (χ0) is 25.9. The van der Waals surface area contributed by atoms with E-state index >= 15 is 0 Å². The molecule has 1 aliphatic carbocycles. The normalized spacial score (nSPS) is 21.9. The van der Waals surface area contributed by atoms with Crippen LogP contribution in [0.1, 0.15) is 48.9 Å². The average Bonchev–Trinajstić information content (AvgIpc) is 3.43. The van der Waals surface area contributed by atoms with Crippen molar-refractivity contribution in [3.05, 3.63) is 72.8 Å². The van der Waals surface area contributed by atoms with Gasteiger partial charge >= 0.3 is 0 Å². The molecule has 4 aromatic rings. The predicted octanol–water partition coefficient (Wildman–Crippen LogP) is 3.87. The van der Waals surface area contributed by atoms with Crippen molar-refractivity contribution in [3.63, 3.8) is 0 Å².